The lowest BCUT2D eigenvalue weighted by molar-refractivity contribution is -0.161. The van der Waals surface area contributed by atoms with E-state index in [1.165, 1.54) is 39.2 Å². The molecule has 11 atom stereocenters. The van der Waals surface area contributed by atoms with Gasteiger partial charge in [0, 0.05) is 84.6 Å². The number of ketones is 1. The second-order valence-electron chi connectivity index (χ2n) is 35.5. The standard InChI is InChI=1S/C51H70N8O10.C39H49N5O7.S4/c1-10-67-48(66)51(8,9)27-39(34-18-14-13-15-19-34)58-31-38(53-55-58)32-68-42(62)23-22-41(61)56(24-16-11-12-17-25-57-45(63)43-35-20-21-36(26-35)44(43)46(57)64)29-37-30-59(54-52-37)40(28-50(6,7)33(2)60)47(65)69-49(3,4)5;1-5-20-42(21-12-7-8-13-22-43-36(47)34-28-16-17-29(23-28)35(34)37(43)48)32(45)18-19-33(46)51-26-30-25-44(41-40-30)31(27-14-10-9-11-15-27)24-39(3,4)38(49)50-6-2;1-3-4-2/h13-15,18-21,30-31,35-36,39-40,43-44H,10-12,16-17,22-29,32H2,1-9H3;1,9-11,14-17,25,28-29,31,34-35H,6-8,12-13,18-24,26H2,2-4H3;/t35-,36+,39?,40?,43+,44-;28-,29+,31?,34+,35-;. The lowest BCUT2D eigenvalue weighted by Crippen LogP contribution is -2.35. The zero-order valence-corrected chi connectivity index (χ0v) is 76.5. The molecule has 0 spiro atoms. The summed E-state index contributed by atoms with van der Waals surface area (Å²) < 4.78 is 32.0. The fourth-order valence-electron chi connectivity index (χ4n) is 17.0. The van der Waals surface area contributed by atoms with E-state index < -0.39 is 45.8 Å². The van der Waals surface area contributed by atoms with Gasteiger partial charge in [-0.1, -0.05) is 146 Å². The number of aromatic nitrogens is 9. The van der Waals surface area contributed by atoms with Gasteiger partial charge in [-0.15, -0.1) is 21.7 Å². The number of hydrogen-bond acceptors (Lipinski definition) is 25. The Balaban J connectivity index is 0.000000280. The Morgan fingerprint density at radius 3 is 1.27 bits per heavy atom. The van der Waals surface area contributed by atoms with Crippen LogP contribution in [0.4, 0.5) is 0 Å². The van der Waals surface area contributed by atoms with Crippen molar-refractivity contribution in [1.29, 1.82) is 0 Å². The maximum Gasteiger partial charge on any atom is 0.331 e. The number of rotatable bonds is 44. The van der Waals surface area contributed by atoms with Crippen LogP contribution >= 0.6 is 0 Å². The number of esters is 5. The molecular weight excluding hydrogens is 1660 g/mol. The van der Waals surface area contributed by atoms with Crippen molar-refractivity contribution < 1.29 is 81.2 Å². The van der Waals surface area contributed by atoms with Gasteiger partial charge in [-0.25, -0.2) is 18.8 Å². The van der Waals surface area contributed by atoms with Gasteiger partial charge in [-0.3, -0.25) is 62.5 Å². The van der Waals surface area contributed by atoms with Crippen LogP contribution in [0.15, 0.2) is 104 Å². The number of ether oxygens (including phenoxy) is 5. The van der Waals surface area contributed by atoms with Crippen molar-refractivity contribution in [2.75, 3.05) is 45.9 Å². The Morgan fingerprint density at radius 2 is 0.879 bits per heavy atom. The van der Waals surface area contributed by atoms with Crippen molar-refractivity contribution in [2.24, 2.45) is 63.6 Å². The maximum atomic E-state index is 13.9. The van der Waals surface area contributed by atoms with Gasteiger partial charge in [0.25, 0.3) is 0 Å². The normalized spacial score (nSPS) is 19.7. The first-order valence-corrected chi connectivity index (χ1v) is 46.9. The molecule has 6 amide bonds. The predicted molar refractivity (Wildman–Crippen MR) is 467 cm³/mol. The van der Waals surface area contributed by atoms with Crippen LogP contribution in [0, 0.1) is 75.9 Å². The van der Waals surface area contributed by atoms with Crippen LogP contribution in [0.5, 0.6) is 0 Å². The number of nitrogens with zero attached hydrogens (tertiary/aromatic N) is 13. The number of imide groups is 2. The molecule has 2 aliphatic heterocycles. The van der Waals surface area contributed by atoms with Crippen molar-refractivity contribution in [2.45, 2.75) is 236 Å². The quantitative estimate of drug-likeness (QED) is 0.00873. The van der Waals surface area contributed by atoms with Crippen LogP contribution in [-0.2, 0) is 141 Å². The predicted octanol–water partition coefficient (Wildman–Crippen LogP) is 11.0. The molecular formula is C90H119N13O17S4. The highest BCUT2D eigenvalue weighted by Gasteiger charge is 2.60. The molecule has 2 saturated heterocycles. The second-order valence-corrected chi connectivity index (χ2v) is 39.0. The number of carbonyl (C=O) groups excluding carboxylic acids is 12. The summed E-state index contributed by atoms with van der Waals surface area (Å²) in [6.07, 6.45) is 26.8. The topological polar surface area (TPSA) is 356 Å². The third kappa shape index (κ3) is 26.3. The first-order valence-electron chi connectivity index (χ1n) is 42.9. The Kier molecular flexibility index (Phi) is 35.7. The Morgan fingerprint density at radius 1 is 0.500 bits per heavy atom. The van der Waals surface area contributed by atoms with Gasteiger partial charge in [0.1, 0.15) is 41.7 Å². The van der Waals surface area contributed by atoms with Crippen LogP contribution in [-0.4, -0.2) is 187 Å². The first kappa shape index (κ1) is 97.8. The summed E-state index contributed by atoms with van der Waals surface area (Å²) in [5.41, 5.74) is -0.234. The highest BCUT2D eigenvalue weighted by molar-refractivity contribution is 8.51. The fourth-order valence-corrected chi connectivity index (χ4v) is 17.0. The van der Waals surface area contributed by atoms with Gasteiger partial charge in [-0.05, 0) is 162 Å². The number of benzene rings is 2. The van der Waals surface area contributed by atoms with E-state index in [0.717, 1.165) is 56.1 Å². The molecule has 3 unspecified atom stereocenters. The van der Waals surface area contributed by atoms with Crippen LogP contribution < -0.4 is 0 Å². The van der Waals surface area contributed by atoms with E-state index in [1.807, 2.05) is 88.4 Å². The first-order chi connectivity index (χ1) is 59.0. The lowest BCUT2D eigenvalue weighted by atomic mass is 9.82. The van der Waals surface area contributed by atoms with Crippen molar-refractivity contribution >= 4 is 111 Å². The van der Waals surface area contributed by atoms with Crippen LogP contribution in [0.1, 0.15) is 239 Å². The molecule has 30 nitrogen and oxygen atoms in total. The lowest BCUT2D eigenvalue weighted by Gasteiger charge is -2.29. The third-order valence-corrected chi connectivity index (χ3v) is 26.1. The van der Waals surface area contributed by atoms with Gasteiger partial charge >= 0.3 is 29.8 Å². The van der Waals surface area contributed by atoms with Crippen LogP contribution in [0.3, 0.4) is 0 Å². The number of unbranched alkanes of at least 4 members (excludes halogenated alkanes) is 6. The minimum absolute atomic E-state index is 0.0128. The van der Waals surface area contributed by atoms with Crippen molar-refractivity contribution in [3.63, 3.8) is 0 Å². The number of hydrogen-bond donors (Lipinski definition) is 0. The summed E-state index contributed by atoms with van der Waals surface area (Å²) in [4.78, 5) is 162. The minimum atomic E-state index is -0.967. The molecule has 5 aromatic rings. The number of fused-ring (bicyclic) bond motifs is 10. The molecule has 2 aromatic carbocycles. The molecule has 0 N–H and O–H groups in total. The van der Waals surface area contributed by atoms with Gasteiger partial charge in [0.2, 0.25) is 35.4 Å². The summed E-state index contributed by atoms with van der Waals surface area (Å²) in [5, 5.41) is 25.6. The van der Waals surface area contributed by atoms with Gasteiger partial charge < -0.3 is 33.5 Å². The van der Waals surface area contributed by atoms with Gasteiger partial charge in [-0.2, -0.15) is 0 Å². The maximum absolute atomic E-state index is 13.9. The van der Waals surface area contributed by atoms with Crippen molar-refractivity contribution in [1.82, 2.24) is 64.6 Å². The smallest absolute Gasteiger partial charge is 0.331 e. The zero-order chi connectivity index (χ0) is 90.2. The highest BCUT2D eigenvalue weighted by Crippen LogP contribution is 2.54. The molecule has 2 saturated carbocycles. The number of Topliss-reactive ketones (excluding diaryl/α,β-unsaturated/α-hetero) is 1. The van der Waals surface area contributed by atoms with E-state index >= 15 is 0 Å². The molecule has 11 rings (SSSR count). The van der Waals surface area contributed by atoms with Gasteiger partial charge in [0.15, 0.2) is 6.04 Å². The Bertz CT molecular complexity index is 4720. The summed E-state index contributed by atoms with van der Waals surface area (Å²) in [7, 11) is 2.34. The van der Waals surface area contributed by atoms with E-state index in [2.05, 4.69) is 83.5 Å². The number of carbonyl (C=O) groups is 12. The van der Waals surface area contributed by atoms with E-state index in [1.54, 1.807) is 86.2 Å². The molecule has 4 bridgehead atoms. The van der Waals surface area contributed by atoms with E-state index in [0.29, 0.717) is 82.0 Å². The summed E-state index contributed by atoms with van der Waals surface area (Å²) in [6, 6.07) is 17.6. The van der Waals surface area contributed by atoms with E-state index in [9.17, 15) is 57.5 Å². The summed E-state index contributed by atoms with van der Waals surface area (Å²) in [6.45, 7) is 23.1. The molecule has 5 heterocycles. The average Bonchev–Trinajstić information content (AvgIpc) is 1.58. The average molecular weight is 1780 g/mol. The van der Waals surface area contributed by atoms with Crippen LogP contribution in [0.2, 0.25) is 0 Å². The van der Waals surface area contributed by atoms with Gasteiger partial charge in [0.05, 0.1) is 104 Å². The molecule has 3 aromatic heterocycles. The van der Waals surface area contributed by atoms with Crippen molar-refractivity contribution in [3.05, 3.63) is 132 Å². The Hall–Kier alpha value is -9.98. The molecule has 4 aliphatic carbocycles. The monoisotopic (exact) mass is 1780 g/mol. The number of allylic oxidation sites excluding steroid dienone is 4. The number of likely N-dealkylation sites (tertiary alicyclic amines) is 2. The van der Waals surface area contributed by atoms with Crippen molar-refractivity contribution in [3.8, 4) is 12.3 Å². The zero-order valence-electron chi connectivity index (χ0n) is 73.2. The molecule has 34 heteroatoms. The van der Waals surface area contributed by atoms with Crippen LogP contribution in [0.25, 0.3) is 0 Å². The fraction of sp³-hybridized carbons (Fsp3) is 0.600. The van der Waals surface area contributed by atoms with E-state index in [4.69, 9.17) is 30.1 Å². The number of terminal acetylenes is 1. The van der Waals surface area contributed by atoms with E-state index in [-0.39, 0.29) is 178 Å². The molecule has 4 fully saturated rings. The summed E-state index contributed by atoms with van der Waals surface area (Å²) in [5.74, 6) is -0.643. The highest BCUT2D eigenvalue weighted by atomic mass is 33.2. The Labute approximate surface area is 741 Å². The second kappa shape index (κ2) is 45.3. The third-order valence-electron chi connectivity index (χ3n) is 23.9. The largest absolute Gasteiger partial charge is 0.466 e. The molecule has 670 valence electrons. The minimum Gasteiger partial charge on any atom is -0.466 e. The SMILES string of the molecule is C#CCN(CCCCCCN1C(=O)[C@@H]2[C@H](C1=O)[C@H]1C=C[C@@H]2C1)C(=O)CCC(=O)OCc1cn(C(CC(C)(C)C(=O)OCC)c2ccccc2)nn1.CCOC(=O)C(C)(C)CC(c1ccccc1)n1cc(COC(=O)CCC(=O)N(CCCCCCN2C(=O)[C@@H]3[C@H](C2=O)[C@H]2C=C[C@@H]3C2)Cc2cn(C(CC(C)(C)C(C)=O)C(=O)OC(C)(C)C)nn2)nn1.S=S=S=S. The molecule has 6 aliphatic rings. The number of amides is 6. The summed E-state index contributed by atoms with van der Waals surface area (Å²) >= 11 is 8.66. The molecule has 124 heavy (non-hydrogen) atoms. The molecule has 0 radical (unpaired) electrons.